The van der Waals surface area contributed by atoms with Crippen molar-refractivity contribution in [1.82, 2.24) is 4.98 Å². The number of carboxylic acids is 1. The highest BCUT2D eigenvalue weighted by Crippen LogP contribution is 2.47. The number of aromatic nitrogens is 1. The third-order valence-corrected chi connectivity index (χ3v) is 5.69. The first-order valence-corrected chi connectivity index (χ1v) is 9.13. The summed E-state index contributed by atoms with van der Waals surface area (Å²) in [5.74, 6) is -0.967. The van der Waals surface area contributed by atoms with Gasteiger partial charge in [0.25, 0.3) is 0 Å². The summed E-state index contributed by atoms with van der Waals surface area (Å²) in [5, 5.41) is 8.83. The van der Waals surface area contributed by atoms with Crippen molar-refractivity contribution < 1.29 is 9.90 Å². The second kappa shape index (κ2) is 6.39. The fourth-order valence-corrected chi connectivity index (χ4v) is 3.90. The minimum absolute atomic E-state index is 0.159. The van der Waals surface area contributed by atoms with Crippen molar-refractivity contribution in [3.8, 4) is 11.1 Å². The molecule has 3 nitrogen and oxygen atoms in total. The highest BCUT2D eigenvalue weighted by atomic mass is 16.4. The Balaban J connectivity index is 2.13. The molecule has 2 aromatic rings. The van der Waals surface area contributed by atoms with Crippen LogP contribution in [0.5, 0.6) is 0 Å². The van der Waals surface area contributed by atoms with Crippen LogP contribution in [-0.4, -0.2) is 16.1 Å². The van der Waals surface area contributed by atoms with E-state index in [4.69, 9.17) is 5.11 Å². The molecule has 1 aliphatic rings. The summed E-state index contributed by atoms with van der Waals surface area (Å²) in [6.07, 6.45) is 6.78. The van der Waals surface area contributed by atoms with Gasteiger partial charge in [0.05, 0.1) is 5.69 Å². The zero-order valence-corrected chi connectivity index (χ0v) is 16.3. The zero-order valence-electron chi connectivity index (χ0n) is 16.3. The van der Waals surface area contributed by atoms with Crippen LogP contribution in [0.15, 0.2) is 36.5 Å². The van der Waals surface area contributed by atoms with Crippen molar-refractivity contribution in [1.29, 1.82) is 0 Å². The fourth-order valence-electron chi connectivity index (χ4n) is 3.90. The third kappa shape index (κ3) is 3.44. The lowest BCUT2D eigenvalue weighted by Gasteiger charge is -2.42. The number of carbonyl (C=O) groups is 1. The van der Waals surface area contributed by atoms with Gasteiger partial charge in [0.15, 0.2) is 0 Å². The van der Waals surface area contributed by atoms with E-state index in [-0.39, 0.29) is 10.8 Å². The molecule has 0 saturated heterocycles. The van der Waals surface area contributed by atoms with Crippen LogP contribution < -0.4 is 0 Å². The Morgan fingerprint density at radius 2 is 1.69 bits per heavy atom. The summed E-state index contributed by atoms with van der Waals surface area (Å²) < 4.78 is 0. The molecule has 1 aliphatic carbocycles. The maximum absolute atomic E-state index is 10.8. The van der Waals surface area contributed by atoms with Gasteiger partial charge in [-0.15, -0.1) is 0 Å². The van der Waals surface area contributed by atoms with E-state index in [0.29, 0.717) is 5.69 Å². The van der Waals surface area contributed by atoms with Crippen molar-refractivity contribution in [2.75, 3.05) is 0 Å². The molecule has 0 aliphatic heterocycles. The lowest BCUT2D eigenvalue weighted by atomic mass is 9.62. The van der Waals surface area contributed by atoms with Gasteiger partial charge in [-0.25, -0.2) is 4.79 Å². The van der Waals surface area contributed by atoms with Crippen molar-refractivity contribution >= 4 is 12.0 Å². The number of fused-ring (bicyclic) bond motifs is 1. The summed E-state index contributed by atoms with van der Waals surface area (Å²) in [6, 6.07) is 8.63. The van der Waals surface area contributed by atoms with Crippen LogP contribution in [0.4, 0.5) is 0 Å². The minimum Gasteiger partial charge on any atom is -0.478 e. The van der Waals surface area contributed by atoms with Crippen LogP contribution in [0.3, 0.4) is 0 Å². The van der Waals surface area contributed by atoms with Gasteiger partial charge < -0.3 is 5.11 Å². The summed E-state index contributed by atoms with van der Waals surface area (Å²) in [4.78, 5) is 15.0. The largest absolute Gasteiger partial charge is 0.478 e. The van der Waals surface area contributed by atoms with Crippen LogP contribution in [-0.2, 0) is 15.6 Å². The topological polar surface area (TPSA) is 50.2 Å². The molecule has 136 valence electrons. The van der Waals surface area contributed by atoms with Crippen LogP contribution >= 0.6 is 0 Å². The first kappa shape index (κ1) is 18.4. The van der Waals surface area contributed by atoms with Crippen molar-refractivity contribution in [3.05, 3.63) is 58.9 Å². The molecule has 1 heterocycles. The Morgan fingerprint density at radius 1 is 1.08 bits per heavy atom. The first-order valence-electron chi connectivity index (χ1n) is 9.13. The third-order valence-electron chi connectivity index (χ3n) is 5.69. The van der Waals surface area contributed by atoms with Gasteiger partial charge in [0.2, 0.25) is 0 Å². The smallest absolute Gasteiger partial charge is 0.328 e. The first-order chi connectivity index (χ1) is 12.1. The Bertz CT molecular complexity index is 891. The molecule has 0 spiro atoms. The quantitative estimate of drug-likeness (QED) is 0.744. The number of hydrogen-bond donors (Lipinski definition) is 1. The Hall–Kier alpha value is -2.42. The second-order valence-electron chi connectivity index (χ2n) is 8.62. The summed E-state index contributed by atoms with van der Waals surface area (Å²) in [7, 11) is 0. The molecule has 0 bridgehead atoms. The monoisotopic (exact) mass is 349 g/mol. The van der Waals surface area contributed by atoms with E-state index >= 15 is 0 Å². The molecular weight excluding hydrogens is 322 g/mol. The summed E-state index contributed by atoms with van der Waals surface area (Å²) in [5.41, 5.74) is 7.40. The molecule has 0 atom stereocenters. The van der Waals surface area contributed by atoms with Gasteiger partial charge in [-0.05, 0) is 76.6 Å². The molecule has 3 rings (SSSR count). The predicted molar refractivity (Wildman–Crippen MR) is 106 cm³/mol. The predicted octanol–water partition coefficient (Wildman–Crippen LogP) is 5.50. The molecule has 0 fully saturated rings. The van der Waals surface area contributed by atoms with Crippen LogP contribution in [0.2, 0.25) is 0 Å². The van der Waals surface area contributed by atoms with E-state index < -0.39 is 5.97 Å². The number of aryl methyl sites for hydroxylation is 1. The molecule has 3 heteroatoms. The Labute approximate surface area is 155 Å². The molecule has 0 amide bonds. The molecule has 0 radical (unpaired) electrons. The number of carboxylic acid groups (broad SMARTS) is 1. The molecular formula is C23H27NO2. The second-order valence-corrected chi connectivity index (χ2v) is 8.62. The Kier molecular flexibility index (Phi) is 4.51. The average molecular weight is 349 g/mol. The number of aliphatic carboxylic acids is 1. The minimum atomic E-state index is -0.967. The maximum atomic E-state index is 10.8. The van der Waals surface area contributed by atoms with Crippen molar-refractivity contribution in [2.24, 2.45) is 0 Å². The van der Waals surface area contributed by atoms with Gasteiger partial charge >= 0.3 is 5.97 Å². The van der Waals surface area contributed by atoms with Crippen molar-refractivity contribution in [3.63, 3.8) is 0 Å². The number of rotatable bonds is 3. The zero-order chi connectivity index (χ0) is 19.1. The van der Waals surface area contributed by atoms with Gasteiger partial charge in [-0.1, -0.05) is 39.8 Å². The lowest BCUT2D eigenvalue weighted by molar-refractivity contribution is -0.131. The standard InChI is InChI=1S/C23H27NO2/c1-15-12-19-20(23(4,5)10-9-22(19,2)3)14-18(15)16-8-11-24-17(13-16)6-7-21(25)26/h6-8,11-14H,9-10H2,1-5H3,(H,25,26). The maximum Gasteiger partial charge on any atom is 0.328 e. The van der Waals surface area contributed by atoms with Crippen LogP contribution in [0.25, 0.3) is 17.2 Å². The van der Waals surface area contributed by atoms with Gasteiger partial charge in [-0.3, -0.25) is 4.98 Å². The van der Waals surface area contributed by atoms with E-state index in [0.717, 1.165) is 11.6 Å². The van der Waals surface area contributed by atoms with E-state index in [9.17, 15) is 4.79 Å². The molecule has 26 heavy (non-hydrogen) atoms. The fraction of sp³-hybridized carbons (Fsp3) is 0.391. The van der Waals surface area contributed by atoms with E-state index in [1.807, 2.05) is 12.1 Å². The van der Waals surface area contributed by atoms with E-state index in [1.165, 1.54) is 41.2 Å². The van der Waals surface area contributed by atoms with Gasteiger partial charge in [-0.2, -0.15) is 0 Å². The van der Waals surface area contributed by atoms with Crippen LogP contribution in [0.1, 0.15) is 62.9 Å². The highest BCUT2D eigenvalue weighted by molar-refractivity contribution is 5.85. The van der Waals surface area contributed by atoms with Gasteiger partial charge in [0, 0.05) is 12.3 Å². The van der Waals surface area contributed by atoms with Gasteiger partial charge in [0.1, 0.15) is 0 Å². The number of hydrogen-bond acceptors (Lipinski definition) is 2. The molecule has 1 N–H and O–H groups in total. The van der Waals surface area contributed by atoms with E-state index in [1.54, 1.807) is 6.20 Å². The molecule has 1 aromatic carbocycles. The molecule has 0 unspecified atom stereocenters. The van der Waals surface area contributed by atoms with E-state index in [2.05, 4.69) is 51.7 Å². The van der Waals surface area contributed by atoms with Crippen molar-refractivity contribution in [2.45, 2.75) is 58.3 Å². The average Bonchev–Trinajstić information content (AvgIpc) is 2.57. The summed E-state index contributed by atoms with van der Waals surface area (Å²) >= 11 is 0. The highest BCUT2D eigenvalue weighted by Gasteiger charge is 2.37. The van der Waals surface area contributed by atoms with Crippen LogP contribution in [0, 0.1) is 6.92 Å². The number of nitrogens with zero attached hydrogens (tertiary/aromatic N) is 1. The number of benzene rings is 1. The lowest BCUT2D eigenvalue weighted by Crippen LogP contribution is -2.34. The normalized spacial score (nSPS) is 17.9. The SMILES string of the molecule is Cc1cc2c(cc1-c1ccnc(C=CC(=O)O)c1)C(C)(C)CCC2(C)C. The molecule has 0 saturated carbocycles. The number of pyridine rings is 1. The molecule has 1 aromatic heterocycles. The Morgan fingerprint density at radius 3 is 2.31 bits per heavy atom. The summed E-state index contributed by atoms with van der Waals surface area (Å²) in [6.45, 7) is 11.5.